The molecule has 0 radical (unpaired) electrons. The first-order valence-electron chi connectivity index (χ1n) is 7.04. The number of halogens is 1. The van der Waals surface area contributed by atoms with Crippen LogP contribution in [0.4, 0.5) is 0 Å². The molecule has 0 spiro atoms. The number of rotatable bonds is 4. The standard InChI is InChI=1S/C19H15ClO2/c1-13-9-19(22-12-14-5-4-6-15(20)10-14)17-8-3-2-7-16(17)18(13)11-21/h2-11H,12H2,1H3. The Bertz CT molecular complexity index is 840. The van der Waals surface area contributed by atoms with Gasteiger partial charge in [-0.05, 0) is 41.6 Å². The average molecular weight is 311 g/mol. The van der Waals surface area contributed by atoms with Gasteiger partial charge in [0, 0.05) is 16.0 Å². The Labute approximate surface area is 134 Å². The van der Waals surface area contributed by atoms with E-state index in [9.17, 15) is 4.79 Å². The summed E-state index contributed by atoms with van der Waals surface area (Å²) in [6.07, 6.45) is 0.901. The third-order valence-electron chi connectivity index (χ3n) is 3.66. The number of aldehydes is 1. The van der Waals surface area contributed by atoms with Crippen molar-refractivity contribution < 1.29 is 9.53 Å². The molecule has 3 rings (SSSR count). The van der Waals surface area contributed by atoms with Crippen molar-refractivity contribution in [3.05, 3.63) is 76.3 Å². The van der Waals surface area contributed by atoms with Crippen molar-refractivity contribution in [2.45, 2.75) is 13.5 Å². The van der Waals surface area contributed by atoms with Crippen molar-refractivity contribution in [1.82, 2.24) is 0 Å². The highest BCUT2D eigenvalue weighted by Gasteiger charge is 2.10. The highest BCUT2D eigenvalue weighted by atomic mass is 35.5. The zero-order valence-corrected chi connectivity index (χ0v) is 12.9. The molecular weight excluding hydrogens is 296 g/mol. The molecule has 0 saturated heterocycles. The summed E-state index contributed by atoms with van der Waals surface area (Å²) in [6, 6.07) is 17.3. The van der Waals surface area contributed by atoms with Crippen LogP contribution < -0.4 is 4.74 Å². The van der Waals surface area contributed by atoms with E-state index in [0.29, 0.717) is 17.2 Å². The van der Waals surface area contributed by atoms with Crippen LogP contribution in [0.5, 0.6) is 5.75 Å². The molecule has 0 saturated carbocycles. The van der Waals surface area contributed by atoms with Crippen LogP contribution in [0.15, 0.2) is 54.6 Å². The lowest BCUT2D eigenvalue weighted by molar-refractivity contribution is 0.112. The summed E-state index contributed by atoms with van der Waals surface area (Å²) >= 11 is 5.99. The summed E-state index contributed by atoms with van der Waals surface area (Å²) in [5, 5.41) is 2.55. The number of benzene rings is 3. The van der Waals surface area contributed by atoms with Crippen LogP contribution >= 0.6 is 11.6 Å². The fraction of sp³-hybridized carbons (Fsp3) is 0.105. The number of carbonyl (C=O) groups is 1. The van der Waals surface area contributed by atoms with Gasteiger partial charge in [-0.2, -0.15) is 0 Å². The Morgan fingerprint density at radius 3 is 2.55 bits per heavy atom. The molecule has 0 aliphatic carbocycles. The molecule has 0 aliphatic heterocycles. The summed E-state index contributed by atoms with van der Waals surface area (Å²) in [7, 11) is 0. The van der Waals surface area contributed by atoms with Gasteiger partial charge >= 0.3 is 0 Å². The van der Waals surface area contributed by atoms with E-state index in [1.54, 1.807) is 0 Å². The van der Waals surface area contributed by atoms with Gasteiger partial charge in [0.05, 0.1) is 0 Å². The molecule has 3 aromatic carbocycles. The van der Waals surface area contributed by atoms with Crippen LogP contribution in [0.25, 0.3) is 10.8 Å². The Kier molecular flexibility index (Phi) is 4.12. The largest absolute Gasteiger partial charge is 0.488 e. The summed E-state index contributed by atoms with van der Waals surface area (Å²) in [6.45, 7) is 2.35. The summed E-state index contributed by atoms with van der Waals surface area (Å²) in [5.74, 6) is 0.777. The first kappa shape index (κ1) is 14.6. The molecule has 2 nitrogen and oxygen atoms in total. The molecule has 0 heterocycles. The Hall–Kier alpha value is -2.32. The summed E-state index contributed by atoms with van der Waals surface area (Å²) in [5.41, 5.74) is 2.63. The molecule has 0 aromatic heterocycles. The Morgan fingerprint density at radius 1 is 1.05 bits per heavy atom. The van der Waals surface area contributed by atoms with Gasteiger partial charge in [-0.3, -0.25) is 4.79 Å². The number of hydrogen-bond acceptors (Lipinski definition) is 2. The van der Waals surface area contributed by atoms with E-state index in [1.807, 2.05) is 61.5 Å². The quantitative estimate of drug-likeness (QED) is 0.620. The third-order valence-corrected chi connectivity index (χ3v) is 3.89. The predicted octanol–water partition coefficient (Wildman–Crippen LogP) is 5.19. The first-order valence-corrected chi connectivity index (χ1v) is 7.41. The second-order valence-electron chi connectivity index (χ2n) is 5.19. The molecule has 3 heteroatoms. The molecule has 0 atom stereocenters. The molecule has 0 amide bonds. The molecule has 110 valence electrons. The highest BCUT2D eigenvalue weighted by Crippen LogP contribution is 2.31. The van der Waals surface area contributed by atoms with Crippen molar-refractivity contribution in [2.24, 2.45) is 0 Å². The second kappa shape index (κ2) is 6.20. The average Bonchev–Trinajstić information content (AvgIpc) is 2.53. The van der Waals surface area contributed by atoms with Gasteiger partial charge in [0.1, 0.15) is 12.4 Å². The zero-order valence-electron chi connectivity index (χ0n) is 12.2. The van der Waals surface area contributed by atoms with Crippen molar-refractivity contribution in [1.29, 1.82) is 0 Å². The number of carbonyl (C=O) groups excluding carboxylic acids is 1. The van der Waals surface area contributed by atoms with Gasteiger partial charge < -0.3 is 4.74 Å². The van der Waals surface area contributed by atoms with E-state index in [-0.39, 0.29) is 0 Å². The lowest BCUT2D eigenvalue weighted by Crippen LogP contribution is -1.98. The van der Waals surface area contributed by atoms with Crippen LogP contribution in [0.1, 0.15) is 21.5 Å². The molecular formula is C19H15ClO2. The van der Waals surface area contributed by atoms with Crippen molar-refractivity contribution in [3.8, 4) is 5.75 Å². The van der Waals surface area contributed by atoms with Gasteiger partial charge in [-0.25, -0.2) is 0 Å². The maximum Gasteiger partial charge on any atom is 0.150 e. The number of ether oxygens (including phenoxy) is 1. The van der Waals surface area contributed by atoms with Crippen LogP contribution in [0.2, 0.25) is 5.02 Å². The van der Waals surface area contributed by atoms with Gasteiger partial charge in [0.2, 0.25) is 0 Å². The Balaban J connectivity index is 1.99. The second-order valence-corrected chi connectivity index (χ2v) is 5.62. The van der Waals surface area contributed by atoms with E-state index in [4.69, 9.17) is 16.3 Å². The van der Waals surface area contributed by atoms with E-state index in [1.165, 1.54) is 0 Å². The van der Waals surface area contributed by atoms with Gasteiger partial charge in [-0.1, -0.05) is 48.0 Å². The summed E-state index contributed by atoms with van der Waals surface area (Å²) in [4.78, 5) is 11.3. The van der Waals surface area contributed by atoms with E-state index in [2.05, 4.69) is 0 Å². The fourth-order valence-electron chi connectivity index (χ4n) is 2.56. The van der Waals surface area contributed by atoms with Crippen LogP contribution in [-0.2, 0) is 6.61 Å². The number of aryl methyl sites for hydroxylation is 1. The first-order chi connectivity index (χ1) is 10.7. The van der Waals surface area contributed by atoms with Crippen molar-refractivity contribution in [3.63, 3.8) is 0 Å². The van der Waals surface area contributed by atoms with E-state index >= 15 is 0 Å². The maximum atomic E-state index is 11.3. The minimum absolute atomic E-state index is 0.435. The van der Waals surface area contributed by atoms with Crippen LogP contribution in [-0.4, -0.2) is 6.29 Å². The lowest BCUT2D eigenvalue weighted by atomic mass is 10.00. The number of fused-ring (bicyclic) bond motifs is 1. The van der Waals surface area contributed by atoms with Crippen LogP contribution in [0, 0.1) is 6.92 Å². The molecule has 0 N–H and O–H groups in total. The van der Waals surface area contributed by atoms with Gasteiger partial charge in [0.15, 0.2) is 6.29 Å². The maximum absolute atomic E-state index is 11.3. The van der Waals surface area contributed by atoms with Crippen molar-refractivity contribution >= 4 is 28.7 Å². The molecule has 0 unspecified atom stereocenters. The highest BCUT2D eigenvalue weighted by molar-refractivity contribution is 6.30. The molecule has 0 bridgehead atoms. The zero-order chi connectivity index (χ0) is 15.5. The minimum atomic E-state index is 0.435. The number of hydrogen-bond donors (Lipinski definition) is 0. The normalized spacial score (nSPS) is 10.6. The fourth-order valence-corrected chi connectivity index (χ4v) is 2.77. The van der Waals surface area contributed by atoms with Crippen LogP contribution in [0.3, 0.4) is 0 Å². The van der Waals surface area contributed by atoms with E-state index in [0.717, 1.165) is 33.9 Å². The monoisotopic (exact) mass is 310 g/mol. The summed E-state index contributed by atoms with van der Waals surface area (Å²) < 4.78 is 5.97. The lowest BCUT2D eigenvalue weighted by Gasteiger charge is -2.13. The Morgan fingerprint density at radius 2 is 1.82 bits per heavy atom. The molecule has 22 heavy (non-hydrogen) atoms. The minimum Gasteiger partial charge on any atom is -0.488 e. The van der Waals surface area contributed by atoms with E-state index < -0.39 is 0 Å². The SMILES string of the molecule is Cc1cc(OCc2cccc(Cl)c2)c2ccccc2c1C=O. The van der Waals surface area contributed by atoms with Crippen molar-refractivity contribution in [2.75, 3.05) is 0 Å². The predicted molar refractivity (Wildman–Crippen MR) is 89.9 cm³/mol. The molecule has 0 fully saturated rings. The third kappa shape index (κ3) is 2.83. The molecule has 3 aromatic rings. The smallest absolute Gasteiger partial charge is 0.150 e. The van der Waals surface area contributed by atoms with Gasteiger partial charge in [0.25, 0.3) is 0 Å². The van der Waals surface area contributed by atoms with Gasteiger partial charge in [-0.15, -0.1) is 0 Å². The molecule has 0 aliphatic rings. The topological polar surface area (TPSA) is 26.3 Å².